The summed E-state index contributed by atoms with van der Waals surface area (Å²) < 4.78 is 0. The highest BCUT2D eigenvalue weighted by Gasteiger charge is 2.64. The summed E-state index contributed by atoms with van der Waals surface area (Å²) >= 11 is 0. The second kappa shape index (κ2) is 15.0. The fourth-order valence-corrected chi connectivity index (χ4v) is 12.7. The van der Waals surface area contributed by atoms with Crippen molar-refractivity contribution in [2.45, 2.75) is 10.8 Å². The van der Waals surface area contributed by atoms with E-state index in [4.69, 9.17) is 0 Å². The Bertz CT molecular complexity index is 3580. The van der Waals surface area contributed by atoms with E-state index in [1.54, 1.807) is 0 Å². The Kier molecular flexibility index (Phi) is 8.51. The highest BCUT2D eigenvalue weighted by atomic mass is 15.1. The van der Waals surface area contributed by atoms with Crippen molar-refractivity contribution in [1.82, 2.24) is 0 Å². The maximum absolute atomic E-state index is 10.7. The molecule has 0 fully saturated rings. The molecule has 2 atom stereocenters. The number of anilines is 6. The Hall–Kier alpha value is -9.48. The molecule has 0 saturated carbocycles. The van der Waals surface area contributed by atoms with Gasteiger partial charge in [0.15, 0.2) is 0 Å². The van der Waals surface area contributed by atoms with E-state index in [1.165, 1.54) is 33.4 Å². The predicted octanol–water partition coefficient (Wildman–Crippen LogP) is 15.9. The largest absolute Gasteiger partial charge is 0.310 e. The van der Waals surface area contributed by atoms with Crippen molar-refractivity contribution in [2.75, 3.05) is 9.80 Å². The van der Waals surface area contributed by atoms with Crippen LogP contribution >= 0.6 is 0 Å². The molecule has 0 N–H and O–H groups in total. The SMILES string of the molecule is N#Cc1ccc2c(c1)C1(C3=C(c4ccc(N(c5ccccc5)c5ccccc5)cc41)C1(c4cc(N(c5ccccc5)c5ccccc5)ccc43)c3ccccc3-c3ccc(C#N)cc31)c1ccccc1-2. The minimum absolute atomic E-state index is 0.618. The van der Waals surface area contributed by atoms with E-state index in [-0.39, 0.29) is 0 Å². The molecule has 4 nitrogen and oxygen atoms in total. The second-order valence-corrected chi connectivity index (χ2v) is 18.6. The zero-order valence-corrected chi connectivity index (χ0v) is 37.9. The Labute approximate surface area is 407 Å². The van der Waals surface area contributed by atoms with Crippen LogP contribution < -0.4 is 9.80 Å². The molecule has 4 heteroatoms. The average molecular weight is 889 g/mol. The van der Waals surface area contributed by atoms with Gasteiger partial charge in [0, 0.05) is 34.1 Å². The van der Waals surface area contributed by atoms with Crippen LogP contribution in [0.2, 0.25) is 0 Å². The van der Waals surface area contributed by atoms with Crippen LogP contribution in [0.3, 0.4) is 0 Å². The number of nitriles is 2. The third kappa shape index (κ3) is 5.22. The number of nitrogens with zero attached hydrogens (tertiary/aromatic N) is 4. The van der Waals surface area contributed by atoms with E-state index in [9.17, 15) is 10.5 Å². The number of hydrogen-bond acceptors (Lipinski definition) is 4. The molecule has 0 amide bonds. The van der Waals surface area contributed by atoms with E-state index in [1.807, 2.05) is 12.1 Å². The molecule has 2 unspecified atom stereocenters. The van der Waals surface area contributed by atoms with Gasteiger partial charge in [-0.2, -0.15) is 10.5 Å². The van der Waals surface area contributed by atoms with Gasteiger partial charge < -0.3 is 9.80 Å². The van der Waals surface area contributed by atoms with Gasteiger partial charge in [-0.1, -0.05) is 146 Å². The van der Waals surface area contributed by atoms with Gasteiger partial charge in [-0.05, 0) is 175 Å². The Morgan fingerprint density at radius 1 is 0.257 bits per heavy atom. The van der Waals surface area contributed by atoms with E-state index < -0.39 is 10.8 Å². The molecular weight excluding hydrogens is 849 g/mol. The summed E-state index contributed by atoms with van der Waals surface area (Å²) in [6, 6.07) is 92.0. The van der Waals surface area contributed by atoms with Gasteiger partial charge in [-0.15, -0.1) is 0 Å². The van der Waals surface area contributed by atoms with Crippen LogP contribution in [0, 0.1) is 22.7 Å². The molecule has 4 aliphatic rings. The summed E-state index contributed by atoms with van der Waals surface area (Å²) in [5.41, 5.74) is 22.0. The highest BCUT2D eigenvalue weighted by molar-refractivity contribution is 6.20. The van der Waals surface area contributed by atoms with Gasteiger partial charge in [0.05, 0.1) is 34.1 Å². The van der Waals surface area contributed by atoms with Crippen molar-refractivity contribution >= 4 is 45.3 Å². The molecule has 2 spiro atoms. The van der Waals surface area contributed by atoms with Crippen LogP contribution in [-0.4, -0.2) is 0 Å². The summed E-state index contributed by atoms with van der Waals surface area (Å²) in [5, 5.41) is 21.5. The van der Waals surface area contributed by atoms with Gasteiger partial charge in [0.25, 0.3) is 0 Å². The number of para-hydroxylation sites is 4. The maximum atomic E-state index is 10.7. The van der Waals surface area contributed by atoms with Gasteiger partial charge in [-0.25, -0.2) is 0 Å². The first kappa shape index (κ1) is 39.7. The van der Waals surface area contributed by atoms with E-state index in [0.29, 0.717) is 11.1 Å². The number of allylic oxidation sites excluding steroid dienone is 2. The molecule has 4 aliphatic carbocycles. The first-order valence-electron chi connectivity index (χ1n) is 23.8. The smallest absolute Gasteiger partial charge is 0.0991 e. The average Bonchev–Trinajstić information content (AvgIpc) is 4.11. The lowest BCUT2D eigenvalue weighted by atomic mass is 9.66. The van der Waals surface area contributed by atoms with Crippen molar-refractivity contribution in [3.05, 3.63) is 298 Å². The van der Waals surface area contributed by atoms with E-state index in [0.717, 1.165) is 78.6 Å². The quantitative estimate of drug-likeness (QED) is 0.167. The van der Waals surface area contributed by atoms with Crippen LogP contribution in [-0.2, 0) is 10.8 Å². The Morgan fingerprint density at radius 3 is 0.914 bits per heavy atom. The van der Waals surface area contributed by atoms with E-state index >= 15 is 0 Å². The topological polar surface area (TPSA) is 54.1 Å². The van der Waals surface area contributed by atoms with Gasteiger partial charge >= 0.3 is 0 Å². The third-order valence-electron chi connectivity index (χ3n) is 15.3. The summed E-state index contributed by atoms with van der Waals surface area (Å²) in [6.07, 6.45) is 0. The molecule has 10 aromatic carbocycles. The zero-order chi connectivity index (χ0) is 46.6. The van der Waals surface area contributed by atoms with Crippen LogP contribution in [0.5, 0.6) is 0 Å². The minimum atomic E-state index is -0.846. The number of fused-ring (bicyclic) bond motifs is 18. The number of hydrogen-bond donors (Lipinski definition) is 0. The van der Waals surface area contributed by atoms with Crippen LogP contribution in [0.4, 0.5) is 34.1 Å². The fourth-order valence-electron chi connectivity index (χ4n) is 12.7. The monoisotopic (exact) mass is 888 g/mol. The molecule has 10 aromatic rings. The molecule has 0 aromatic heterocycles. The molecule has 14 rings (SSSR count). The number of rotatable bonds is 6. The molecule has 70 heavy (non-hydrogen) atoms. The van der Waals surface area contributed by atoms with Crippen molar-refractivity contribution in [1.29, 1.82) is 10.5 Å². The lowest BCUT2D eigenvalue weighted by Gasteiger charge is -2.36. The van der Waals surface area contributed by atoms with Gasteiger partial charge in [0.1, 0.15) is 0 Å². The summed E-state index contributed by atoms with van der Waals surface area (Å²) in [6.45, 7) is 0. The first-order valence-corrected chi connectivity index (χ1v) is 23.8. The van der Waals surface area contributed by atoms with Gasteiger partial charge in [0.2, 0.25) is 0 Å². The highest BCUT2D eigenvalue weighted by Crippen LogP contribution is 2.75. The molecule has 0 radical (unpaired) electrons. The molecular formula is C66H40N4. The summed E-state index contributed by atoms with van der Waals surface area (Å²) in [5.74, 6) is 0. The van der Waals surface area contributed by atoms with Crippen molar-refractivity contribution < 1.29 is 0 Å². The van der Waals surface area contributed by atoms with Crippen molar-refractivity contribution in [2.24, 2.45) is 0 Å². The lowest BCUT2D eigenvalue weighted by Crippen LogP contribution is -2.29. The summed E-state index contributed by atoms with van der Waals surface area (Å²) in [7, 11) is 0. The second-order valence-electron chi connectivity index (χ2n) is 18.6. The standard InChI is InChI=1S/C66H40N4/c67-41-43-29-33-53-51-25-13-15-27-57(51)65(59(53)37-43)61-39-49(69(45-17-5-1-6-18-45)46-19-7-2-8-20-46)31-35-55(61)63-64(65)56-36-32-50(70(47-21-9-3-10-22-47)48-23-11-4-12-24-48)40-62(56)66(63)58-28-16-14-26-52(58)54-34-30-44(42-68)38-60(54)66/h1-40H. The van der Waals surface area contributed by atoms with Crippen LogP contribution in [0.1, 0.15) is 55.6 Å². The van der Waals surface area contributed by atoms with Crippen molar-refractivity contribution in [3.63, 3.8) is 0 Å². The predicted molar refractivity (Wildman–Crippen MR) is 282 cm³/mol. The summed E-state index contributed by atoms with van der Waals surface area (Å²) in [4.78, 5) is 4.70. The minimum Gasteiger partial charge on any atom is -0.310 e. The lowest BCUT2D eigenvalue weighted by molar-refractivity contribution is 0.825. The third-order valence-corrected chi connectivity index (χ3v) is 15.3. The molecule has 0 aliphatic heterocycles. The fraction of sp³-hybridized carbons (Fsp3) is 0.0303. The normalized spacial score (nSPS) is 16.9. The Balaban J connectivity index is 1.15. The zero-order valence-electron chi connectivity index (χ0n) is 37.9. The van der Waals surface area contributed by atoms with Crippen LogP contribution in [0.15, 0.2) is 243 Å². The Morgan fingerprint density at radius 2 is 0.557 bits per heavy atom. The van der Waals surface area contributed by atoms with Gasteiger partial charge in [-0.3, -0.25) is 0 Å². The number of benzene rings is 10. The first-order chi connectivity index (χ1) is 34.6. The van der Waals surface area contributed by atoms with Crippen molar-refractivity contribution in [3.8, 4) is 34.4 Å². The molecule has 324 valence electrons. The molecule has 0 saturated heterocycles. The van der Waals surface area contributed by atoms with E-state index in [2.05, 4.69) is 252 Å². The molecule has 0 heterocycles. The molecule has 0 bridgehead atoms. The van der Waals surface area contributed by atoms with Crippen LogP contribution in [0.25, 0.3) is 33.4 Å². The maximum Gasteiger partial charge on any atom is 0.0991 e.